The van der Waals surface area contributed by atoms with Crippen molar-refractivity contribution in [3.8, 4) is 0 Å². The summed E-state index contributed by atoms with van der Waals surface area (Å²) >= 11 is 7.59. The fourth-order valence-electron chi connectivity index (χ4n) is 1.28. The monoisotopic (exact) mass is 576 g/mol. The van der Waals surface area contributed by atoms with Gasteiger partial charge in [0.1, 0.15) is 0 Å². The number of hydrogen-bond acceptors (Lipinski definition) is 5. The molecule has 7 heteroatoms. The van der Waals surface area contributed by atoms with E-state index >= 15 is 0 Å². The van der Waals surface area contributed by atoms with Crippen molar-refractivity contribution >= 4 is 58.4 Å². The quantitative estimate of drug-likeness (QED) is 0.128. The third-order valence-corrected chi connectivity index (χ3v) is 3.58. The van der Waals surface area contributed by atoms with Gasteiger partial charge in [0.25, 0.3) is 0 Å². The third-order valence-electron chi connectivity index (χ3n) is 2.17. The zero-order valence-electron chi connectivity index (χ0n) is 20.9. The molecule has 0 atom stereocenters. The molecule has 2 aromatic carbocycles. The number of alkyl halides is 1. The maximum atomic E-state index is 10.1. The second-order valence-corrected chi connectivity index (χ2v) is 11.2. The van der Waals surface area contributed by atoms with Crippen LogP contribution in [0.4, 0.5) is 11.4 Å². The smallest absolute Gasteiger partial charge is 0.850 e. The van der Waals surface area contributed by atoms with Crippen LogP contribution >= 0.6 is 47.0 Å². The number of anilines is 2. The minimum atomic E-state index is -0.750. The van der Waals surface area contributed by atoms with Gasteiger partial charge in [0.2, 0.25) is 0 Å². The topological polar surface area (TPSA) is 75.1 Å². The van der Waals surface area contributed by atoms with E-state index in [0.29, 0.717) is 0 Å². The number of halogens is 1. The van der Waals surface area contributed by atoms with Gasteiger partial charge in [-0.1, -0.05) is 95.3 Å². The molecule has 0 aliphatic heterocycles. The summed E-state index contributed by atoms with van der Waals surface area (Å²) in [5.74, 6) is 0. The van der Waals surface area contributed by atoms with Crippen molar-refractivity contribution in [2.45, 2.75) is 73.0 Å². The molecule has 0 aliphatic rings. The fourth-order valence-corrected chi connectivity index (χ4v) is 2.21. The van der Waals surface area contributed by atoms with Gasteiger partial charge in [-0.15, -0.1) is 30.0 Å². The van der Waals surface area contributed by atoms with Crippen molar-refractivity contribution < 1.29 is 59.2 Å². The van der Waals surface area contributed by atoms with Crippen LogP contribution in [0.2, 0.25) is 0 Å². The molecule has 0 heterocycles. The van der Waals surface area contributed by atoms with Gasteiger partial charge in [-0.2, -0.15) is 0 Å². The van der Waals surface area contributed by atoms with Gasteiger partial charge in [0, 0.05) is 33.0 Å². The number of rotatable bonds is 2. The molecule has 0 fully saturated rings. The molecule has 0 amide bonds. The van der Waals surface area contributed by atoms with E-state index in [4.69, 9.17) is 14.2 Å². The molecule has 0 saturated carbocycles. The van der Waals surface area contributed by atoms with Gasteiger partial charge in [0.15, 0.2) is 0 Å². The minimum absolute atomic E-state index is 0. The molecule has 0 aromatic heterocycles. The van der Waals surface area contributed by atoms with Crippen LogP contribution in [-0.2, 0) is 0 Å². The van der Waals surface area contributed by atoms with Crippen molar-refractivity contribution in [3.05, 3.63) is 48.5 Å². The normalized spacial score (nSPS) is 11.5. The van der Waals surface area contributed by atoms with E-state index in [9.17, 15) is 5.11 Å². The summed E-state index contributed by atoms with van der Waals surface area (Å²) in [5.41, 5.74) is 11.9. The van der Waals surface area contributed by atoms with E-state index < -0.39 is 10.8 Å². The third kappa shape index (κ3) is 29.1. The Balaban J connectivity index is -0.000000360. The van der Waals surface area contributed by atoms with E-state index in [1.54, 1.807) is 20.8 Å². The summed E-state index contributed by atoms with van der Waals surface area (Å²) < 4.78 is 14.3. The van der Waals surface area contributed by atoms with Crippen molar-refractivity contribution in [1.82, 2.24) is 0 Å². The van der Waals surface area contributed by atoms with Crippen molar-refractivity contribution in [2.75, 3.05) is 11.5 Å². The summed E-state index contributed by atoms with van der Waals surface area (Å²) in [6.45, 7) is 12.3. The number of thiol groups is 1. The number of hydrogen-bond donors (Lipinski definition) is 3. The van der Waals surface area contributed by atoms with Crippen molar-refractivity contribution in [3.63, 3.8) is 0 Å². The summed E-state index contributed by atoms with van der Waals surface area (Å²) in [6.07, 6.45) is 0. The summed E-state index contributed by atoms with van der Waals surface area (Å²) in [7, 11) is 0. The SMILES string of the molecule is CC(C)(C)[O-].Nc1ccccc1S.[2H]C(C)(C)I.[2H]C(C)(C)Sc1ccccc1N.[K+]. The van der Waals surface area contributed by atoms with Gasteiger partial charge in [-0.25, -0.2) is 0 Å². The summed E-state index contributed by atoms with van der Waals surface area (Å²) in [5, 5.41) is 9.59. The molecule has 29 heavy (non-hydrogen) atoms. The Morgan fingerprint density at radius 1 is 0.966 bits per heavy atom. The van der Waals surface area contributed by atoms with Crippen LogP contribution in [0.15, 0.2) is 58.3 Å². The molecule has 0 bridgehead atoms. The molecule has 0 radical (unpaired) electrons. The van der Waals surface area contributed by atoms with Gasteiger partial charge >= 0.3 is 51.4 Å². The van der Waals surface area contributed by atoms with E-state index in [0.717, 1.165) is 21.2 Å². The van der Waals surface area contributed by atoms with Gasteiger partial charge in [-0.05, 0) is 24.3 Å². The first kappa shape index (κ1) is 30.1. The van der Waals surface area contributed by atoms with Gasteiger partial charge in [-0.3, -0.25) is 0 Å². The van der Waals surface area contributed by atoms with Crippen molar-refractivity contribution in [1.29, 1.82) is 0 Å². The number of para-hydroxylation sites is 2. The molecule has 0 saturated heterocycles. The second-order valence-electron chi connectivity index (χ2n) is 7.10. The summed E-state index contributed by atoms with van der Waals surface area (Å²) in [4.78, 5) is 1.82. The van der Waals surface area contributed by atoms with Crippen LogP contribution in [0.3, 0.4) is 0 Å². The summed E-state index contributed by atoms with van der Waals surface area (Å²) in [6, 6.07) is 15.1. The maximum absolute atomic E-state index is 10.1. The largest absolute Gasteiger partial charge is 1.00 e. The molecule has 0 aliphatic carbocycles. The molecular weight excluding hydrogens is 538 g/mol. The Kier molecular flexibility index (Phi) is 20.5. The maximum Gasteiger partial charge on any atom is 1.00 e. The average molecular weight is 577 g/mol. The molecular formula is C22H36IKN2OS2. The van der Waals surface area contributed by atoms with E-state index in [1.807, 2.05) is 98.8 Å². The van der Waals surface area contributed by atoms with E-state index in [1.165, 1.54) is 11.8 Å². The molecule has 0 spiro atoms. The van der Waals surface area contributed by atoms with E-state index in [-0.39, 0.29) is 55.3 Å². The second kappa shape index (κ2) is 19.7. The minimum Gasteiger partial charge on any atom is -0.850 e. The molecule has 2 aromatic rings. The van der Waals surface area contributed by atoms with Crippen LogP contribution in [-0.4, -0.2) is 14.7 Å². The molecule has 4 N–H and O–H groups in total. The Morgan fingerprint density at radius 3 is 1.59 bits per heavy atom. The number of thioether (sulfide) groups is 1. The van der Waals surface area contributed by atoms with Crippen LogP contribution < -0.4 is 68.0 Å². The predicted molar refractivity (Wildman–Crippen MR) is 139 cm³/mol. The van der Waals surface area contributed by atoms with Crippen LogP contribution in [0.25, 0.3) is 0 Å². The van der Waals surface area contributed by atoms with Crippen LogP contribution in [0.1, 0.15) is 51.2 Å². The average Bonchev–Trinajstić information content (AvgIpc) is 2.49. The van der Waals surface area contributed by atoms with Crippen LogP contribution in [0.5, 0.6) is 0 Å². The Labute approximate surface area is 247 Å². The fraction of sp³-hybridized carbons (Fsp3) is 0.455. The number of nitrogen functional groups attached to an aromatic ring is 2. The Bertz CT molecular complexity index is 689. The number of benzene rings is 2. The first-order valence-electron chi connectivity index (χ1n) is 9.76. The first-order chi connectivity index (χ1) is 13.3. The van der Waals surface area contributed by atoms with Gasteiger partial charge < -0.3 is 16.6 Å². The Morgan fingerprint density at radius 2 is 1.31 bits per heavy atom. The first-order valence-corrected chi connectivity index (χ1v) is 11.1. The zero-order valence-corrected chi connectivity index (χ0v) is 25.9. The Hall–Kier alpha value is 1.07. The zero-order chi connectivity index (χ0) is 24.2. The standard InChI is InChI=1S/C9H13NS.C6H7NS.C4H9O.C3H7I.K/c1-7(2)11-9-6-4-3-5-8(9)10;7-5-3-1-2-4-6(5)8;1-4(2,3)5;1-3(2)4;/h3-7H,10H2,1-2H3;1-4,8H,7H2;1-3H3;3H,1-2H3;/q;;-1;;+1/i7D;;;3D;. The van der Waals surface area contributed by atoms with Gasteiger partial charge in [0.05, 0.1) is 0 Å². The van der Waals surface area contributed by atoms with Crippen LogP contribution in [0, 0.1) is 0 Å². The van der Waals surface area contributed by atoms with Crippen molar-refractivity contribution in [2.24, 2.45) is 0 Å². The molecule has 3 nitrogen and oxygen atoms in total. The predicted octanol–water partition coefficient (Wildman–Crippen LogP) is 3.31. The molecule has 0 unspecified atom stereocenters. The molecule has 2 rings (SSSR count). The molecule has 160 valence electrons. The van der Waals surface area contributed by atoms with E-state index in [2.05, 4.69) is 12.6 Å². The number of nitrogens with two attached hydrogens (primary N) is 2.